The van der Waals surface area contributed by atoms with Gasteiger partial charge in [0.2, 0.25) is 5.91 Å². The molecule has 2 N–H and O–H groups in total. The van der Waals surface area contributed by atoms with Gasteiger partial charge < -0.3 is 15.5 Å². The highest BCUT2D eigenvalue weighted by Crippen LogP contribution is 2.17. The van der Waals surface area contributed by atoms with Crippen molar-refractivity contribution in [3.05, 3.63) is 34.9 Å². The number of halogens is 1. The molecule has 3 rings (SSSR count). The van der Waals surface area contributed by atoms with Crippen molar-refractivity contribution >= 4 is 24.2 Å². The first kappa shape index (κ1) is 14.8. The Balaban J connectivity index is 0.00000147. The van der Waals surface area contributed by atoms with E-state index in [4.69, 9.17) is 0 Å². The second kappa shape index (κ2) is 5.81. The lowest BCUT2D eigenvalue weighted by Crippen LogP contribution is -2.40. The van der Waals surface area contributed by atoms with Crippen LogP contribution in [0.2, 0.25) is 0 Å². The molecule has 2 heterocycles. The number of carbonyl (C=O) groups is 2. The van der Waals surface area contributed by atoms with Gasteiger partial charge in [-0.1, -0.05) is 6.07 Å². The topological polar surface area (TPSA) is 61.4 Å². The van der Waals surface area contributed by atoms with Gasteiger partial charge in [-0.2, -0.15) is 0 Å². The summed E-state index contributed by atoms with van der Waals surface area (Å²) in [4.78, 5) is 25.6. The molecule has 0 saturated carbocycles. The number of hydrogen-bond donors (Lipinski definition) is 2. The van der Waals surface area contributed by atoms with Gasteiger partial charge in [0.15, 0.2) is 0 Å². The Kier molecular flexibility index (Phi) is 4.30. The maximum atomic E-state index is 12.2. The highest BCUT2D eigenvalue weighted by atomic mass is 35.5. The van der Waals surface area contributed by atoms with E-state index >= 15 is 0 Å². The number of nitrogens with zero attached hydrogens (tertiary/aromatic N) is 1. The number of likely N-dealkylation sites (N-methyl/N-ethyl adjacent to an activating group) is 1. The van der Waals surface area contributed by atoms with E-state index in [-0.39, 0.29) is 30.3 Å². The highest BCUT2D eigenvalue weighted by molar-refractivity contribution is 5.98. The van der Waals surface area contributed by atoms with Crippen LogP contribution in [0.1, 0.15) is 27.9 Å². The van der Waals surface area contributed by atoms with E-state index in [0.29, 0.717) is 18.5 Å². The maximum Gasteiger partial charge on any atom is 0.251 e. The number of likely N-dealkylation sites (tertiary alicyclic amines) is 1. The molecule has 6 heteroatoms. The van der Waals surface area contributed by atoms with Gasteiger partial charge in [0.1, 0.15) is 6.04 Å². The number of carbonyl (C=O) groups excluding carboxylic acids is 2. The van der Waals surface area contributed by atoms with Crippen molar-refractivity contribution in [3.63, 3.8) is 0 Å². The van der Waals surface area contributed by atoms with Gasteiger partial charge in [0.25, 0.3) is 5.91 Å². The number of nitrogens with one attached hydrogen (secondary N) is 2. The quantitative estimate of drug-likeness (QED) is 0.843. The molecule has 1 unspecified atom stereocenters. The minimum Gasteiger partial charge on any atom is -0.344 e. The zero-order valence-corrected chi connectivity index (χ0v) is 12.1. The Bertz CT molecular complexity index is 547. The summed E-state index contributed by atoms with van der Waals surface area (Å²) in [6.45, 7) is 2.38. The Morgan fingerprint density at radius 1 is 1.35 bits per heavy atom. The molecule has 1 saturated heterocycles. The number of rotatable bonds is 2. The average molecular weight is 296 g/mol. The normalized spacial score (nSPS) is 20.6. The van der Waals surface area contributed by atoms with Crippen molar-refractivity contribution in [3.8, 4) is 0 Å². The molecule has 1 atom stereocenters. The largest absolute Gasteiger partial charge is 0.344 e. The van der Waals surface area contributed by atoms with E-state index in [2.05, 4.69) is 10.6 Å². The number of amides is 2. The van der Waals surface area contributed by atoms with Crippen LogP contribution in [0.5, 0.6) is 0 Å². The fourth-order valence-electron chi connectivity index (χ4n) is 2.63. The zero-order valence-electron chi connectivity index (χ0n) is 11.3. The third-order valence-corrected chi connectivity index (χ3v) is 3.83. The van der Waals surface area contributed by atoms with Gasteiger partial charge in [-0.15, -0.1) is 12.4 Å². The fourth-order valence-corrected chi connectivity index (χ4v) is 2.63. The summed E-state index contributed by atoms with van der Waals surface area (Å²) in [6, 6.07) is 5.34. The van der Waals surface area contributed by atoms with Gasteiger partial charge in [0.05, 0.1) is 0 Å². The van der Waals surface area contributed by atoms with Crippen LogP contribution in [-0.2, 0) is 17.9 Å². The second-order valence-corrected chi connectivity index (χ2v) is 5.16. The first-order valence-electron chi connectivity index (χ1n) is 6.53. The molecule has 0 aliphatic carbocycles. The van der Waals surface area contributed by atoms with Crippen molar-refractivity contribution in [2.24, 2.45) is 0 Å². The Labute approximate surface area is 124 Å². The van der Waals surface area contributed by atoms with Crippen molar-refractivity contribution < 1.29 is 9.59 Å². The molecule has 108 valence electrons. The number of fused-ring (bicyclic) bond motifs is 1. The maximum absolute atomic E-state index is 12.2. The average Bonchev–Trinajstić information content (AvgIpc) is 2.99. The molecule has 20 heavy (non-hydrogen) atoms. The van der Waals surface area contributed by atoms with Crippen molar-refractivity contribution in [2.75, 3.05) is 13.6 Å². The second-order valence-electron chi connectivity index (χ2n) is 5.16. The third-order valence-electron chi connectivity index (χ3n) is 3.83. The minimum absolute atomic E-state index is 0. The van der Waals surface area contributed by atoms with Crippen LogP contribution in [0.25, 0.3) is 0 Å². The van der Waals surface area contributed by atoms with Gasteiger partial charge in [-0.25, -0.2) is 0 Å². The molecule has 1 aromatic rings. The van der Waals surface area contributed by atoms with E-state index in [9.17, 15) is 9.59 Å². The molecule has 0 radical (unpaired) electrons. The Morgan fingerprint density at radius 3 is 2.80 bits per heavy atom. The monoisotopic (exact) mass is 295 g/mol. The van der Waals surface area contributed by atoms with Crippen molar-refractivity contribution in [1.29, 1.82) is 0 Å². The Hall–Kier alpha value is -1.59. The highest BCUT2D eigenvalue weighted by Gasteiger charge is 2.30. The number of benzene rings is 1. The van der Waals surface area contributed by atoms with Gasteiger partial charge >= 0.3 is 0 Å². The summed E-state index contributed by atoms with van der Waals surface area (Å²) in [5, 5.41) is 6.06. The van der Waals surface area contributed by atoms with Crippen LogP contribution in [0.3, 0.4) is 0 Å². The smallest absolute Gasteiger partial charge is 0.251 e. The molecule has 5 nitrogen and oxygen atoms in total. The lowest BCUT2D eigenvalue weighted by atomic mass is 10.1. The lowest BCUT2D eigenvalue weighted by molar-refractivity contribution is -0.128. The molecular formula is C14H18ClN3O2. The van der Waals surface area contributed by atoms with Crippen LogP contribution in [0, 0.1) is 0 Å². The minimum atomic E-state index is -0.371. The molecule has 0 aromatic heterocycles. The summed E-state index contributed by atoms with van der Waals surface area (Å²) >= 11 is 0. The molecule has 2 aliphatic rings. The first-order chi connectivity index (χ1) is 9.15. The molecule has 2 aliphatic heterocycles. The fraction of sp³-hybridized carbons (Fsp3) is 0.429. The van der Waals surface area contributed by atoms with Crippen LogP contribution in [0.15, 0.2) is 18.2 Å². The third kappa shape index (κ3) is 2.64. The van der Waals surface area contributed by atoms with Crippen LogP contribution in [0.4, 0.5) is 0 Å². The first-order valence-corrected chi connectivity index (χ1v) is 6.53. The molecule has 0 bridgehead atoms. The van der Waals surface area contributed by atoms with E-state index in [1.165, 1.54) is 11.1 Å². The van der Waals surface area contributed by atoms with E-state index in [0.717, 1.165) is 13.1 Å². The van der Waals surface area contributed by atoms with E-state index in [1.807, 2.05) is 18.2 Å². The molecule has 2 amide bonds. The van der Waals surface area contributed by atoms with Gasteiger partial charge in [-0.05, 0) is 29.7 Å². The molecular weight excluding hydrogens is 278 g/mol. The van der Waals surface area contributed by atoms with Crippen LogP contribution in [-0.4, -0.2) is 36.3 Å². The van der Waals surface area contributed by atoms with Crippen LogP contribution >= 0.6 is 12.4 Å². The predicted octanol–water partition coefficient (Wildman–Crippen LogP) is 0.672. The summed E-state index contributed by atoms with van der Waals surface area (Å²) in [5.41, 5.74) is 3.04. The van der Waals surface area contributed by atoms with Crippen molar-refractivity contribution in [1.82, 2.24) is 15.5 Å². The van der Waals surface area contributed by atoms with Gasteiger partial charge in [0, 0.05) is 32.2 Å². The summed E-state index contributed by atoms with van der Waals surface area (Å²) in [7, 11) is 1.76. The molecule has 1 fully saturated rings. The molecule has 1 aromatic carbocycles. The van der Waals surface area contributed by atoms with Gasteiger partial charge in [-0.3, -0.25) is 9.59 Å². The van der Waals surface area contributed by atoms with E-state index in [1.54, 1.807) is 11.9 Å². The predicted molar refractivity (Wildman–Crippen MR) is 77.7 cm³/mol. The summed E-state index contributed by atoms with van der Waals surface area (Å²) in [5.74, 6) is -0.167. The summed E-state index contributed by atoms with van der Waals surface area (Å²) in [6.07, 6.45) is 0.688. The Morgan fingerprint density at radius 2 is 2.10 bits per heavy atom. The number of hydrogen-bond acceptors (Lipinski definition) is 3. The van der Waals surface area contributed by atoms with Crippen LogP contribution < -0.4 is 10.6 Å². The lowest BCUT2D eigenvalue weighted by Gasteiger charge is -2.12. The van der Waals surface area contributed by atoms with E-state index < -0.39 is 0 Å². The standard InChI is InChI=1S/C14H17N3O2.ClH/c1-17-5-4-12(14(17)19)16-13(18)9-2-3-10-7-15-8-11(10)6-9;/h2-3,6,12,15H,4-5,7-8H2,1H3,(H,16,18);1H. The molecule has 0 spiro atoms. The van der Waals surface area contributed by atoms with Crippen molar-refractivity contribution in [2.45, 2.75) is 25.6 Å². The SMILES string of the molecule is CN1CCC(NC(=O)c2ccc3c(c2)CNC3)C1=O.Cl. The summed E-state index contributed by atoms with van der Waals surface area (Å²) < 4.78 is 0. The zero-order chi connectivity index (χ0) is 13.4.